The predicted molar refractivity (Wildman–Crippen MR) is 151 cm³/mol. The number of nitrogens with one attached hydrogen (secondary N) is 2. The summed E-state index contributed by atoms with van der Waals surface area (Å²) >= 11 is 0. The second-order valence-electron chi connectivity index (χ2n) is 10.1. The molecule has 4 N–H and O–H groups in total. The van der Waals surface area contributed by atoms with E-state index in [-0.39, 0.29) is 17.3 Å². The van der Waals surface area contributed by atoms with Gasteiger partial charge in [-0.15, -0.1) is 5.10 Å². The molecule has 4 aromatic heterocycles. The molecule has 12 nitrogen and oxygen atoms in total. The molecule has 214 valence electrons. The zero-order valence-corrected chi connectivity index (χ0v) is 22.8. The Morgan fingerprint density at radius 2 is 1.83 bits per heavy atom. The number of aromatic amines is 1. The van der Waals surface area contributed by atoms with Crippen molar-refractivity contribution in [3.63, 3.8) is 0 Å². The lowest BCUT2D eigenvalue weighted by molar-refractivity contribution is -0.134. The van der Waals surface area contributed by atoms with E-state index in [0.29, 0.717) is 28.1 Å². The van der Waals surface area contributed by atoms with Gasteiger partial charge in [0.15, 0.2) is 0 Å². The molecular formula is C28H30FN7O5. The van der Waals surface area contributed by atoms with Gasteiger partial charge in [-0.1, -0.05) is 25.0 Å². The molecule has 0 unspecified atom stereocenters. The number of aliphatic hydroxyl groups is 1. The summed E-state index contributed by atoms with van der Waals surface area (Å²) in [7, 11) is 3.40. The number of carboxylic acid groups (broad SMARTS) is 1. The van der Waals surface area contributed by atoms with Crippen molar-refractivity contribution in [3.8, 4) is 22.4 Å². The smallest absolute Gasteiger partial charge is 0.329 e. The summed E-state index contributed by atoms with van der Waals surface area (Å²) in [6.45, 7) is 0.463. The first-order valence-corrected chi connectivity index (χ1v) is 13.1. The standard InChI is InChI=1S/C26H26FN7O3.C2H4O2/c1-32-12-17(24(27)31-32)22-20(14-7-9-15(10-8-14)29-19(36)13-35)21-23-18(11-28-25(21)30-22)33(2)26(37)34(23)16-5-3-4-6-16;1-2(3)4/h7-12,16,35H,3-6,13H2,1-2H3,(H,28,30)(H,29,36);1H3,(H,3,4). The number of anilines is 1. The minimum absolute atomic E-state index is 0.0826. The number of hydrogen-bond donors (Lipinski definition) is 4. The minimum Gasteiger partial charge on any atom is -0.481 e. The first kappa shape index (κ1) is 27.8. The fourth-order valence-electron chi connectivity index (χ4n) is 5.52. The molecule has 6 rings (SSSR count). The number of carbonyl (C=O) groups is 2. The second kappa shape index (κ2) is 11.0. The van der Waals surface area contributed by atoms with Crippen LogP contribution in [-0.2, 0) is 23.7 Å². The number of hydrogen-bond acceptors (Lipinski definition) is 6. The Bertz CT molecular complexity index is 1820. The number of carboxylic acids is 1. The highest BCUT2D eigenvalue weighted by atomic mass is 19.1. The highest BCUT2D eigenvalue weighted by Gasteiger charge is 2.28. The predicted octanol–water partition coefficient (Wildman–Crippen LogP) is 3.56. The maximum atomic E-state index is 15.0. The van der Waals surface area contributed by atoms with Crippen LogP contribution in [-0.4, -0.2) is 57.6 Å². The van der Waals surface area contributed by atoms with Crippen LogP contribution in [0, 0.1) is 5.95 Å². The number of carbonyl (C=O) groups excluding carboxylic acids is 1. The van der Waals surface area contributed by atoms with E-state index in [9.17, 15) is 14.0 Å². The van der Waals surface area contributed by atoms with Crippen LogP contribution >= 0.6 is 0 Å². The molecule has 0 saturated heterocycles. The molecule has 1 amide bonds. The summed E-state index contributed by atoms with van der Waals surface area (Å²) in [6, 6.07) is 7.14. The fourth-order valence-corrected chi connectivity index (χ4v) is 5.52. The summed E-state index contributed by atoms with van der Waals surface area (Å²) in [6.07, 6.45) is 7.26. The van der Waals surface area contributed by atoms with Crippen molar-refractivity contribution < 1.29 is 24.2 Å². The van der Waals surface area contributed by atoms with Gasteiger partial charge in [0, 0.05) is 44.5 Å². The Kier molecular flexibility index (Phi) is 7.45. The number of fused-ring (bicyclic) bond motifs is 3. The molecule has 1 fully saturated rings. The number of aromatic nitrogens is 6. The summed E-state index contributed by atoms with van der Waals surface area (Å²) in [5, 5.41) is 23.7. The van der Waals surface area contributed by atoms with Crippen molar-refractivity contribution in [2.75, 3.05) is 11.9 Å². The Morgan fingerprint density at radius 1 is 1.17 bits per heavy atom. The maximum absolute atomic E-state index is 15.0. The SMILES string of the molecule is CC(=O)O.Cn1cc(-c2[nH]c3ncc4c(c3c2-c2ccc(NC(=O)CO)cc2)n(C2CCCC2)c(=O)n4C)c(F)n1. The minimum atomic E-state index is -0.833. The summed E-state index contributed by atoms with van der Waals surface area (Å²) in [4.78, 5) is 42.0. The van der Waals surface area contributed by atoms with Crippen LogP contribution in [0.1, 0.15) is 38.6 Å². The molecule has 1 aliphatic rings. The van der Waals surface area contributed by atoms with Crippen LogP contribution in [0.4, 0.5) is 10.1 Å². The zero-order chi connectivity index (χ0) is 29.4. The van der Waals surface area contributed by atoms with E-state index in [1.54, 1.807) is 43.2 Å². The van der Waals surface area contributed by atoms with Crippen LogP contribution in [0.2, 0.25) is 0 Å². The Hall–Kier alpha value is -4.78. The number of H-pyrrole nitrogens is 1. The average molecular weight is 564 g/mol. The Morgan fingerprint density at radius 3 is 2.41 bits per heavy atom. The van der Waals surface area contributed by atoms with Gasteiger partial charge >= 0.3 is 5.69 Å². The van der Waals surface area contributed by atoms with Crippen LogP contribution in [0.3, 0.4) is 0 Å². The van der Waals surface area contributed by atoms with E-state index in [4.69, 9.17) is 15.0 Å². The molecular weight excluding hydrogens is 533 g/mol. The third kappa shape index (κ3) is 5.11. The van der Waals surface area contributed by atoms with E-state index in [1.807, 2.05) is 16.7 Å². The molecule has 1 saturated carbocycles. The first-order valence-electron chi connectivity index (χ1n) is 13.1. The largest absolute Gasteiger partial charge is 0.481 e. The van der Waals surface area contributed by atoms with Gasteiger partial charge in [-0.05, 0) is 30.5 Å². The molecule has 0 bridgehead atoms. The second-order valence-corrected chi connectivity index (χ2v) is 10.1. The van der Waals surface area contributed by atoms with Crippen LogP contribution in [0.25, 0.3) is 44.5 Å². The number of halogens is 1. The molecule has 4 heterocycles. The third-order valence-electron chi connectivity index (χ3n) is 7.21. The van der Waals surface area contributed by atoms with Crippen molar-refractivity contribution in [1.82, 2.24) is 28.9 Å². The number of aliphatic hydroxyl groups excluding tert-OH is 1. The topological polar surface area (TPSA) is 160 Å². The number of benzene rings is 1. The lowest BCUT2D eigenvalue weighted by Crippen LogP contribution is -2.24. The Labute approximate surface area is 233 Å². The lowest BCUT2D eigenvalue weighted by atomic mass is 9.99. The number of aryl methyl sites for hydroxylation is 2. The number of amides is 1. The van der Waals surface area contributed by atoms with Gasteiger partial charge in [-0.25, -0.2) is 9.78 Å². The number of nitrogens with zero attached hydrogens (tertiary/aromatic N) is 5. The van der Waals surface area contributed by atoms with E-state index in [2.05, 4.69) is 20.4 Å². The number of rotatable bonds is 5. The molecule has 5 aromatic rings. The summed E-state index contributed by atoms with van der Waals surface area (Å²) in [5.74, 6) is -1.98. The van der Waals surface area contributed by atoms with Crippen molar-refractivity contribution >= 4 is 39.6 Å². The molecule has 0 atom stereocenters. The first-order chi connectivity index (χ1) is 19.6. The van der Waals surface area contributed by atoms with Gasteiger partial charge < -0.3 is 20.5 Å². The Balaban J connectivity index is 0.000000794. The van der Waals surface area contributed by atoms with Crippen molar-refractivity contribution in [3.05, 3.63) is 53.1 Å². The fraction of sp³-hybridized carbons (Fsp3) is 0.321. The van der Waals surface area contributed by atoms with Crippen LogP contribution < -0.4 is 11.0 Å². The van der Waals surface area contributed by atoms with Crippen molar-refractivity contribution in [2.24, 2.45) is 14.1 Å². The summed E-state index contributed by atoms with van der Waals surface area (Å²) < 4.78 is 19.9. The third-order valence-corrected chi connectivity index (χ3v) is 7.21. The lowest BCUT2D eigenvalue weighted by Gasteiger charge is -2.13. The number of imidazole rings is 1. The monoisotopic (exact) mass is 563 g/mol. The van der Waals surface area contributed by atoms with Gasteiger partial charge in [-0.3, -0.25) is 23.4 Å². The number of aliphatic carboxylic acids is 1. The van der Waals surface area contributed by atoms with E-state index >= 15 is 0 Å². The molecule has 13 heteroatoms. The van der Waals surface area contributed by atoms with Gasteiger partial charge in [0.25, 0.3) is 5.97 Å². The quantitative estimate of drug-likeness (QED) is 0.254. The van der Waals surface area contributed by atoms with E-state index < -0.39 is 24.4 Å². The molecule has 41 heavy (non-hydrogen) atoms. The molecule has 1 aromatic carbocycles. The highest BCUT2D eigenvalue weighted by molar-refractivity contribution is 6.14. The molecule has 0 spiro atoms. The van der Waals surface area contributed by atoms with Crippen LogP contribution in [0.15, 0.2) is 41.5 Å². The maximum Gasteiger partial charge on any atom is 0.329 e. The molecule has 0 radical (unpaired) electrons. The van der Waals surface area contributed by atoms with Crippen molar-refractivity contribution in [2.45, 2.75) is 38.6 Å². The number of pyridine rings is 1. The molecule has 0 aliphatic heterocycles. The van der Waals surface area contributed by atoms with Gasteiger partial charge in [0.2, 0.25) is 11.9 Å². The van der Waals surface area contributed by atoms with Gasteiger partial charge in [-0.2, -0.15) is 4.39 Å². The molecule has 1 aliphatic carbocycles. The normalized spacial score (nSPS) is 13.5. The van der Waals surface area contributed by atoms with Gasteiger partial charge in [0.1, 0.15) is 12.3 Å². The van der Waals surface area contributed by atoms with Crippen molar-refractivity contribution in [1.29, 1.82) is 0 Å². The summed E-state index contributed by atoms with van der Waals surface area (Å²) in [5.41, 5.74) is 4.65. The highest BCUT2D eigenvalue weighted by Crippen LogP contribution is 2.43. The van der Waals surface area contributed by atoms with Gasteiger partial charge in [0.05, 0.1) is 33.9 Å². The van der Waals surface area contributed by atoms with E-state index in [0.717, 1.165) is 49.1 Å². The van der Waals surface area contributed by atoms with Crippen LogP contribution in [0.5, 0.6) is 0 Å². The zero-order valence-electron chi connectivity index (χ0n) is 22.8. The average Bonchev–Trinajstić information content (AvgIpc) is 3.70. The van der Waals surface area contributed by atoms with E-state index in [1.165, 1.54) is 4.68 Å².